The van der Waals surface area contributed by atoms with Gasteiger partial charge in [-0.05, 0) is 17.6 Å². The van der Waals surface area contributed by atoms with E-state index in [0.29, 0.717) is 29.9 Å². The quantitative estimate of drug-likeness (QED) is 0.521. The van der Waals surface area contributed by atoms with Gasteiger partial charge in [0.2, 0.25) is 11.8 Å². The zero-order valence-corrected chi connectivity index (χ0v) is 12.6. The van der Waals surface area contributed by atoms with E-state index < -0.39 is 0 Å². The van der Waals surface area contributed by atoms with E-state index in [4.69, 9.17) is 16.2 Å². The van der Waals surface area contributed by atoms with Crippen LogP contribution in [0.2, 0.25) is 0 Å². The second-order valence-electron chi connectivity index (χ2n) is 4.64. The molecule has 0 aliphatic carbocycles. The largest absolute Gasteiger partial charge is 0.481 e. The zero-order valence-electron chi connectivity index (χ0n) is 12.6. The van der Waals surface area contributed by atoms with Gasteiger partial charge in [-0.1, -0.05) is 20.4 Å². The first kappa shape index (κ1) is 16.5. The van der Waals surface area contributed by atoms with E-state index in [1.54, 1.807) is 19.4 Å². The number of aromatic nitrogens is 2. The number of nitrogens with one attached hydrogen (secondary N) is 1. The standard InChI is InChI=1S/C14H22N6O/c1-9(2)10(3)7-18-12(21-4)5-6-17-11-8-19-14(16)20-13(11)15/h5,7-9,17H,3,6H2,1-2,4H3,(H4,15,16,19,20)/b12-5+,18-7-. The van der Waals surface area contributed by atoms with Crippen molar-refractivity contribution in [3.8, 4) is 0 Å². The number of hydrogen-bond donors (Lipinski definition) is 3. The highest BCUT2D eigenvalue weighted by Gasteiger charge is 2.01. The third-order valence-electron chi connectivity index (χ3n) is 2.71. The lowest BCUT2D eigenvalue weighted by atomic mass is 10.1. The fourth-order valence-electron chi connectivity index (χ4n) is 1.28. The lowest BCUT2D eigenvalue weighted by molar-refractivity contribution is 0.288. The highest BCUT2D eigenvalue weighted by molar-refractivity contribution is 5.78. The Morgan fingerprint density at radius 3 is 2.81 bits per heavy atom. The van der Waals surface area contributed by atoms with Gasteiger partial charge in [0, 0.05) is 12.8 Å². The summed E-state index contributed by atoms with van der Waals surface area (Å²) >= 11 is 0. The summed E-state index contributed by atoms with van der Waals surface area (Å²) in [5.74, 6) is 1.27. The smallest absolute Gasteiger partial charge is 0.222 e. The number of nitrogens with zero attached hydrogens (tertiary/aromatic N) is 3. The molecule has 0 saturated heterocycles. The number of allylic oxidation sites excluding steroid dienone is 1. The summed E-state index contributed by atoms with van der Waals surface area (Å²) in [6.45, 7) is 8.48. The summed E-state index contributed by atoms with van der Waals surface area (Å²) < 4.78 is 5.17. The molecule has 0 radical (unpaired) electrons. The van der Waals surface area contributed by atoms with E-state index >= 15 is 0 Å². The number of methoxy groups -OCH3 is 1. The van der Waals surface area contributed by atoms with Crippen LogP contribution in [-0.4, -0.2) is 29.8 Å². The van der Waals surface area contributed by atoms with Crippen molar-refractivity contribution < 1.29 is 4.74 Å². The van der Waals surface area contributed by atoms with Crippen LogP contribution in [-0.2, 0) is 4.74 Å². The Bertz CT molecular complexity index is 550. The molecule has 0 bridgehead atoms. The van der Waals surface area contributed by atoms with Crippen LogP contribution in [0.3, 0.4) is 0 Å². The molecule has 114 valence electrons. The van der Waals surface area contributed by atoms with Gasteiger partial charge in [-0.25, -0.2) is 9.98 Å². The van der Waals surface area contributed by atoms with Crippen molar-refractivity contribution in [2.45, 2.75) is 13.8 Å². The lowest BCUT2D eigenvalue weighted by Crippen LogP contribution is -2.07. The minimum atomic E-state index is 0.142. The van der Waals surface area contributed by atoms with E-state index in [9.17, 15) is 0 Å². The van der Waals surface area contributed by atoms with Gasteiger partial charge in [0.1, 0.15) is 0 Å². The molecule has 0 aromatic carbocycles. The third kappa shape index (κ3) is 5.52. The zero-order chi connectivity index (χ0) is 15.8. The van der Waals surface area contributed by atoms with Gasteiger partial charge in [-0.2, -0.15) is 4.98 Å². The molecule has 1 aromatic heterocycles. The van der Waals surface area contributed by atoms with Crippen LogP contribution in [0, 0.1) is 5.92 Å². The van der Waals surface area contributed by atoms with Crippen molar-refractivity contribution in [1.29, 1.82) is 0 Å². The number of aliphatic imine (C=N–C) groups is 1. The number of ether oxygens (including phenoxy) is 1. The number of hydrogen-bond acceptors (Lipinski definition) is 7. The van der Waals surface area contributed by atoms with Gasteiger partial charge < -0.3 is 21.5 Å². The van der Waals surface area contributed by atoms with Crippen LogP contribution in [0.15, 0.2) is 35.3 Å². The monoisotopic (exact) mass is 290 g/mol. The molecule has 0 atom stereocenters. The van der Waals surface area contributed by atoms with E-state index in [0.717, 1.165) is 5.57 Å². The average molecular weight is 290 g/mol. The minimum Gasteiger partial charge on any atom is -0.481 e. The molecule has 0 unspecified atom stereocenters. The fraction of sp³-hybridized carbons (Fsp3) is 0.357. The average Bonchev–Trinajstić information content (AvgIpc) is 2.44. The summed E-state index contributed by atoms with van der Waals surface area (Å²) in [6, 6.07) is 0. The SMILES string of the molecule is C=C(/C=N\C(=C/CNc1cnc(N)nc1N)OC)C(C)C. The van der Waals surface area contributed by atoms with E-state index in [2.05, 4.69) is 40.7 Å². The maximum Gasteiger partial charge on any atom is 0.222 e. The number of nitrogen functional groups attached to an aromatic ring is 2. The molecular formula is C14H22N6O. The predicted molar refractivity (Wildman–Crippen MR) is 86.9 cm³/mol. The maximum absolute atomic E-state index is 5.72. The van der Waals surface area contributed by atoms with Gasteiger partial charge in [-0.3, -0.25) is 0 Å². The molecule has 7 heteroatoms. The summed E-state index contributed by atoms with van der Waals surface area (Å²) in [7, 11) is 1.56. The highest BCUT2D eigenvalue weighted by atomic mass is 16.5. The predicted octanol–water partition coefficient (Wildman–Crippen LogP) is 1.82. The fourth-order valence-corrected chi connectivity index (χ4v) is 1.28. The molecule has 1 aromatic rings. The molecule has 0 spiro atoms. The first-order valence-corrected chi connectivity index (χ1v) is 6.53. The normalized spacial score (nSPS) is 11.9. The van der Waals surface area contributed by atoms with Crippen LogP contribution < -0.4 is 16.8 Å². The number of anilines is 3. The Morgan fingerprint density at radius 1 is 1.52 bits per heavy atom. The number of rotatable bonds is 7. The van der Waals surface area contributed by atoms with Crippen LogP contribution in [0.25, 0.3) is 0 Å². The van der Waals surface area contributed by atoms with Crippen LogP contribution >= 0.6 is 0 Å². The molecule has 0 amide bonds. The van der Waals surface area contributed by atoms with Gasteiger partial charge in [0.05, 0.1) is 19.0 Å². The summed E-state index contributed by atoms with van der Waals surface area (Å²) in [4.78, 5) is 11.9. The van der Waals surface area contributed by atoms with Crippen molar-refractivity contribution in [3.05, 3.63) is 30.3 Å². The molecule has 0 aliphatic heterocycles. The van der Waals surface area contributed by atoms with Gasteiger partial charge in [0.15, 0.2) is 5.82 Å². The van der Waals surface area contributed by atoms with Crippen molar-refractivity contribution >= 4 is 23.7 Å². The van der Waals surface area contributed by atoms with E-state index in [1.807, 2.05) is 0 Å². The molecular weight excluding hydrogens is 268 g/mol. The summed E-state index contributed by atoms with van der Waals surface area (Å²) in [6.07, 6.45) is 5.00. The van der Waals surface area contributed by atoms with Crippen LogP contribution in [0.1, 0.15) is 13.8 Å². The molecule has 7 nitrogen and oxygen atoms in total. The molecule has 0 saturated carbocycles. The first-order valence-electron chi connectivity index (χ1n) is 6.53. The summed E-state index contributed by atoms with van der Waals surface area (Å²) in [5.41, 5.74) is 12.7. The van der Waals surface area contributed by atoms with Crippen molar-refractivity contribution in [3.63, 3.8) is 0 Å². The Balaban J connectivity index is 2.62. The van der Waals surface area contributed by atoms with Crippen molar-refractivity contribution in [2.24, 2.45) is 10.9 Å². The molecule has 5 N–H and O–H groups in total. The van der Waals surface area contributed by atoms with Gasteiger partial charge in [0.25, 0.3) is 0 Å². The van der Waals surface area contributed by atoms with E-state index in [1.165, 1.54) is 6.20 Å². The van der Waals surface area contributed by atoms with Crippen molar-refractivity contribution in [1.82, 2.24) is 9.97 Å². The van der Waals surface area contributed by atoms with Gasteiger partial charge >= 0.3 is 0 Å². The van der Waals surface area contributed by atoms with E-state index in [-0.39, 0.29) is 5.95 Å². The molecule has 1 rings (SSSR count). The Kier molecular flexibility index (Phi) is 6.19. The van der Waals surface area contributed by atoms with Crippen LogP contribution in [0.5, 0.6) is 0 Å². The maximum atomic E-state index is 5.72. The molecule has 21 heavy (non-hydrogen) atoms. The molecule has 1 heterocycles. The lowest BCUT2D eigenvalue weighted by Gasteiger charge is -2.07. The Labute approximate surface area is 124 Å². The first-order chi connectivity index (χ1) is 9.93. The second kappa shape index (κ2) is 7.88. The minimum absolute atomic E-state index is 0.142. The highest BCUT2D eigenvalue weighted by Crippen LogP contribution is 2.14. The van der Waals surface area contributed by atoms with Crippen LogP contribution in [0.4, 0.5) is 17.5 Å². The van der Waals surface area contributed by atoms with Gasteiger partial charge in [-0.15, -0.1) is 0 Å². The topological polar surface area (TPSA) is 111 Å². The summed E-state index contributed by atoms with van der Waals surface area (Å²) in [5, 5.41) is 3.06. The Morgan fingerprint density at radius 2 is 2.24 bits per heavy atom. The van der Waals surface area contributed by atoms with Crippen molar-refractivity contribution in [2.75, 3.05) is 30.4 Å². The third-order valence-corrected chi connectivity index (χ3v) is 2.71. The number of nitrogens with two attached hydrogens (primary N) is 2. The second-order valence-corrected chi connectivity index (χ2v) is 4.64. The molecule has 0 aliphatic rings. The molecule has 0 fully saturated rings. The Hall–Kier alpha value is -2.57.